The molecule has 2 nitrogen and oxygen atoms in total. The molecule has 1 heterocycles. The standard InChI is InChI=1S/C14H20BrFN2/c1-10(2)17-8-11-5-6-18(9-11)14-7-12(15)3-4-13(14)16/h3-4,7,10-11,17H,5-6,8-9H2,1-2H3. The fraction of sp³-hybridized carbons (Fsp3) is 0.571. The van der Waals surface area contributed by atoms with Crippen LogP contribution in [0.2, 0.25) is 0 Å². The molecule has 1 unspecified atom stereocenters. The van der Waals surface area contributed by atoms with Crippen LogP contribution < -0.4 is 10.2 Å². The first kappa shape index (κ1) is 13.8. The van der Waals surface area contributed by atoms with Gasteiger partial charge in [0.1, 0.15) is 5.82 Å². The van der Waals surface area contributed by atoms with Crippen molar-refractivity contribution in [2.75, 3.05) is 24.5 Å². The van der Waals surface area contributed by atoms with Crippen molar-refractivity contribution >= 4 is 21.6 Å². The van der Waals surface area contributed by atoms with Crippen LogP contribution in [-0.4, -0.2) is 25.7 Å². The van der Waals surface area contributed by atoms with Gasteiger partial charge in [0.15, 0.2) is 0 Å². The van der Waals surface area contributed by atoms with E-state index in [1.54, 1.807) is 6.07 Å². The van der Waals surface area contributed by atoms with E-state index in [-0.39, 0.29) is 5.82 Å². The summed E-state index contributed by atoms with van der Waals surface area (Å²) in [6, 6.07) is 5.65. The molecule has 1 aromatic rings. The van der Waals surface area contributed by atoms with E-state index in [2.05, 4.69) is 40.0 Å². The highest BCUT2D eigenvalue weighted by Crippen LogP contribution is 2.28. The molecule has 0 bridgehead atoms. The van der Waals surface area contributed by atoms with Gasteiger partial charge in [-0.3, -0.25) is 0 Å². The van der Waals surface area contributed by atoms with E-state index in [0.717, 1.165) is 36.2 Å². The lowest BCUT2D eigenvalue weighted by atomic mass is 10.1. The number of nitrogens with one attached hydrogen (secondary N) is 1. The summed E-state index contributed by atoms with van der Waals surface area (Å²) in [6.07, 6.45) is 1.13. The SMILES string of the molecule is CC(C)NCC1CCN(c2cc(Br)ccc2F)C1. The van der Waals surface area contributed by atoms with Crippen LogP contribution in [0.25, 0.3) is 0 Å². The van der Waals surface area contributed by atoms with Gasteiger partial charge in [0.05, 0.1) is 5.69 Å². The van der Waals surface area contributed by atoms with E-state index < -0.39 is 0 Å². The van der Waals surface area contributed by atoms with Crippen molar-refractivity contribution in [3.05, 3.63) is 28.5 Å². The van der Waals surface area contributed by atoms with Crippen LogP contribution in [0, 0.1) is 11.7 Å². The average Bonchev–Trinajstić information content (AvgIpc) is 2.78. The minimum Gasteiger partial charge on any atom is -0.369 e. The van der Waals surface area contributed by atoms with Crippen molar-refractivity contribution in [2.45, 2.75) is 26.3 Å². The smallest absolute Gasteiger partial charge is 0.146 e. The lowest BCUT2D eigenvalue weighted by Gasteiger charge is -2.20. The molecule has 100 valence electrons. The Morgan fingerprint density at radius 2 is 2.28 bits per heavy atom. The summed E-state index contributed by atoms with van der Waals surface area (Å²) in [5.74, 6) is 0.487. The Morgan fingerprint density at radius 1 is 1.50 bits per heavy atom. The Hall–Kier alpha value is -0.610. The van der Waals surface area contributed by atoms with Gasteiger partial charge in [-0.2, -0.15) is 0 Å². The third-order valence-corrected chi connectivity index (χ3v) is 3.84. The van der Waals surface area contributed by atoms with Gasteiger partial charge in [-0.15, -0.1) is 0 Å². The summed E-state index contributed by atoms with van der Waals surface area (Å²) in [5, 5.41) is 3.46. The zero-order chi connectivity index (χ0) is 13.1. The molecular formula is C14H20BrFN2. The number of benzene rings is 1. The first-order chi connectivity index (χ1) is 8.56. The lowest BCUT2D eigenvalue weighted by Crippen LogP contribution is -2.30. The van der Waals surface area contributed by atoms with Crippen molar-refractivity contribution in [1.29, 1.82) is 0 Å². The van der Waals surface area contributed by atoms with Gasteiger partial charge in [0, 0.05) is 23.6 Å². The summed E-state index contributed by atoms with van der Waals surface area (Å²) >= 11 is 3.40. The second-order valence-electron chi connectivity index (χ2n) is 5.26. The highest BCUT2D eigenvalue weighted by atomic mass is 79.9. The third kappa shape index (κ3) is 3.45. The van der Waals surface area contributed by atoms with Crippen molar-refractivity contribution in [3.8, 4) is 0 Å². The quantitative estimate of drug-likeness (QED) is 0.916. The van der Waals surface area contributed by atoms with E-state index >= 15 is 0 Å². The van der Waals surface area contributed by atoms with Gasteiger partial charge in [0.25, 0.3) is 0 Å². The van der Waals surface area contributed by atoms with Gasteiger partial charge in [-0.05, 0) is 37.1 Å². The van der Waals surface area contributed by atoms with Gasteiger partial charge >= 0.3 is 0 Å². The second kappa shape index (κ2) is 6.02. The van der Waals surface area contributed by atoms with E-state index in [9.17, 15) is 4.39 Å². The van der Waals surface area contributed by atoms with E-state index in [1.165, 1.54) is 6.07 Å². The first-order valence-electron chi connectivity index (χ1n) is 6.49. The predicted octanol–water partition coefficient (Wildman–Crippen LogP) is 3.41. The van der Waals surface area contributed by atoms with Gasteiger partial charge < -0.3 is 10.2 Å². The number of nitrogens with zero attached hydrogens (tertiary/aromatic N) is 1. The fourth-order valence-corrected chi connectivity index (χ4v) is 2.70. The number of anilines is 1. The molecular weight excluding hydrogens is 295 g/mol. The molecule has 1 saturated heterocycles. The Balaban J connectivity index is 1.97. The summed E-state index contributed by atoms with van der Waals surface area (Å²) in [6.45, 7) is 7.20. The largest absolute Gasteiger partial charge is 0.369 e. The predicted molar refractivity (Wildman–Crippen MR) is 77.6 cm³/mol. The van der Waals surface area contributed by atoms with E-state index in [0.29, 0.717) is 12.0 Å². The van der Waals surface area contributed by atoms with Crippen molar-refractivity contribution in [1.82, 2.24) is 5.32 Å². The maximum absolute atomic E-state index is 13.8. The van der Waals surface area contributed by atoms with Crippen LogP contribution in [0.3, 0.4) is 0 Å². The first-order valence-corrected chi connectivity index (χ1v) is 7.29. The molecule has 0 spiro atoms. The molecule has 1 N–H and O–H groups in total. The van der Waals surface area contributed by atoms with Crippen LogP contribution in [0.5, 0.6) is 0 Å². The molecule has 1 aliphatic rings. The van der Waals surface area contributed by atoms with Gasteiger partial charge in [-0.25, -0.2) is 4.39 Å². The monoisotopic (exact) mass is 314 g/mol. The highest BCUT2D eigenvalue weighted by Gasteiger charge is 2.24. The Labute approximate surface area is 117 Å². The molecule has 0 radical (unpaired) electrons. The summed E-state index contributed by atoms with van der Waals surface area (Å²) in [4.78, 5) is 2.15. The van der Waals surface area contributed by atoms with Crippen molar-refractivity contribution in [2.24, 2.45) is 5.92 Å². The van der Waals surface area contributed by atoms with Crippen LogP contribution >= 0.6 is 15.9 Å². The zero-order valence-electron chi connectivity index (χ0n) is 10.9. The van der Waals surface area contributed by atoms with Crippen molar-refractivity contribution in [3.63, 3.8) is 0 Å². The number of hydrogen-bond donors (Lipinski definition) is 1. The van der Waals surface area contributed by atoms with E-state index in [1.807, 2.05) is 6.07 Å². The Kier molecular flexibility index (Phi) is 4.62. The molecule has 1 atom stereocenters. The minimum absolute atomic E-state index is 0.129. The topological polar surface area (TPSA) is 15.3 Å². The lowest BCUT2D eigenvalue weighted by molar-refractivity contribution is 0.480. The number of halogens is 2. The van der Waals surface area contributed by atoms with Gasteiger partial charge in [0.2, 0.25) is 0 Å². The molecule has 0 aliphatic carbocycles. The second-order valence-corrected chi connectivity index (χ2v) is 6.18. The molecule has 1 aromatic carbocycles. The Morgan fingerprint density at radius 3 is 3.00 bits per heavy atom. The molecule has 4 heteroatoms. The summed E-state index contributed by atoms with van der Waals surface area (Å²) in [7, 11) is 0. The molecule has 0 saturated carbocycles. The zero-order valence-corrected chi connectivity index (χ0v) is 12.5. The summed E-state index contributed by atoms with van der Waals surface area (Å²) in [5.41, 5.74) is 0.719. The average molecular weight is 315 g/mol. The minimum atomic E-state index is -0.129. The molecule has 0 aromatic heterocycles. The van der Waals surface area contributed by atoms with Crippen LogP contribution in [0.15, 0.2) is 22.7 Å². The molecule has 2 rings (SSSR count). The maximum atomic E-state index is 13.8. The normalized spacial score (nSPS) is 19.8. The van der Waals surface area contributed by atoms with Crippen molar-refractivity contribution < 1.29 is 4.39 Å². The highest BCUT2D eigenvalue weighted by molar-refractivity contribution is 9.10. The van der Waals surface area contributed by atoms with Crippen LogP contribution in [-0.2, 0) is 0 Å². The fourth-order valence-electron chi connectivity index (χ4n) is 2.35. The number of rotatable bonds is 4. The number of hydrogen-bond acceptors (Lipinski definition) is 2. The van der Waals surface area contributed by atoms with E-state index in [4.69, 9.17) is 0 Å². The molecule has 0 amide bonds. The van der Waals surface area contributed by atoms with Crippen LogP contribution in [0.1, 0.15) is 20.3 Å². The van der Waals surface area contributed by atoms with Gasteiger partial charge in [-0.1, -0.05) is 29.8 Å². The summed E-state index contributed by atoms with van der Waals surface area (Å²) < 4.78 is 14.7. The molecule has 1 fully saturated rings. The maximum Gasteiger partial charge on any atom is 0.146 e. The molecule has 18 heavy (non-hydrogen) atoms. The Bertz CT molecular complexity index is 409. The third-order valence-electron chi connectivity index (χ3n) is 3.35. The van der Waals surface area contributed by atoms with Crippen LogP contribution in [0.4, 0.5) is 10.1 Å². The molecule has 1 aliphatic heterocycles.